The highest BCUT2D eigenvalue weighted by molar-refractivity contribution is 7.14. The zero-order valence-corrected chi connectivity index (χ0v) is 39.1. The molecule has 1 heterocycles. The van der Waals surface area contributed by atoms with Crippen molar-refractivity contribution in [1.82, 2.24) is 0 Å². The van der Waals surface area contributed by atoms with Gasteiger partial charge in [-0.15, -0.1) is 0 Å². The van der Waals surface area contributed by atoms with E-state index in [0.717, 1.165) is 61.6 Å². The average Bonchev–Trinajstić information content (AvgIpc) is 3.34. The molecule has 7 aromatic rings. The molecule has 4 nitrogen and oxygen atoms in total. The Morgan fingerprint density at radius 3 is 0.770 bits per heavy atom. The van der Waals surface area contributed by atoms with E-state index >= 15 is 0 Å². The molecule has 8 rings (SSSR count). The lowest BCUT2D eigenvalue weighted by atomic mass is 10.1. The maximum absolute atomic E-state index is 8.51. The lowest BCUT2D eigenvalue weighted by Crippen LogP contribution is -2.86. The summed E-state index contributed by atoms with van der Waals surface area (Å²) in [7, 11) is -15.1. The van der Waals surface area contributed by atoms with Gasteiger partial charge in [-0.1, -0.05) is 277 Å². The van der Waals surface area contributed by atoms with E-state index in [-0.39, 0.29) is 0 Å². The minimum Gasteiger partial charge on any atom is -0.405 e. The first-order valence-electron chi connectivity index (χ1n) is 22.1. The Hall–Kier alpha value is -4.75. The summed E-state index contributed by atoms with van der Waals surface area (Å²) in [5.74, 6) is 0. The van der Waals surface area contributed by atoms with Gasteiger partial charge in [-0.25, -0.2) is 0 Å². The van der Waals surface area contributed by atoms with Crippen molar-refractivity contribution in [3.8, 4) is 0 Å². The van der Waals surface area contributed by atoms with E-state index in [1.807, 2.05) is 0 Å². The third-order valence-electron chi connectivity index (χ3n) is 11.8. The smallest absolute Gasteiger partial charge is 0.390 e. The maximum atomic E-state index is 8.51. The van der Waals surface area contributed by atoms with Gasteiger partial charge < -0.3 is 16.5 Å². The van der Waals surface area contributed by atoms with E-state index in [0.29, 0.717) is 0 Å². The molecule has 0 atom stereocenters. The first-order chi connectivity index (χ1) is 30.1. The second-order valence-electron chi connectivity index (χ2n) is 16.0. The molecule has 61 heavy (non-hydrogen) atoms. The van der Waals surface area contributed by atoms with Gasteiger partial charge in [0.1, 0.15) is 0 Å². The number of hydrogen-bond acceptors (Lipinski definition) is 4. The normalized spacial score (nSPS) is 16.5. The Kier molecular flexibility index (Phi) is 14.4. The summed E-state index contributed by atoms with van der Waals surface area (Å²) in [6.45, 7) is 4.04. The van der Waals surface area contributed by atoms with Gasteiger partial charge in [-0.3, -0.25) is 0 Å². The molecule has 0 spiro atoms. The van der Waals surface area contributed by atoms with Crippen LogP contribution in [0.2, 0.25) is 6.04 Å². The molecule has 0 N–H and O–H groups in total. The molecule has 0 aromatic heterocycles. The van der Waals surface area contributed by atoms with Crippen molar-refractivity contribution >= 4 is 70.6 Å². The van der Waals surface area contributed by atoms with Crippen molar-refractivity contribution in [3.05, 3.63) is 219 Å². The van der Waals surface area contributed by atoms with Crippen molar-refractivity contribution in [3.63, 3.8) is 0 Å². The Labute approximate surface area is 368 Å². The van der Waals surface area contributed by atoms with Crippen molar-refractivity contribution in [2.75, 3.05) is 0 Å². The maximum Gasteiger partial charge on any atom is 0.390 e. The summed E-state index contributed by atoms with van der Waals surface area (Å²) in [5, 5.41) is 7.22. The molecule has 1 aliphatic rings. The monoisotopic (exact) mass is 869 g/mol. The highest BCUT2D eigenvalue weighted by Crippen LogP contribution is 2.35. The van der Waals surface area contributed by atoms with Crippen molar-refractivity contribution in [2.45, 2.75) is 63.8 Å². The average molecular weight is 870 g/mol. The van der Waals surface area contributed by atoms with Gasteiger partial charge in [0, 0.05) is 0 Å². The summed E-state index contributed by atoms with van der Waals surface area (Å²) in [6.07, 6.45) is 10.5. The van der Waals surface area contributed by atoms with Crippen LogP contribution in [-0.4, -0.2) is 34.2 Å². The zero-order chi connectivity index (χ0) is 41.7. The molecule has 1 fully saturated rings. The van der Waals surface area contributed by atoms with Gasteiger partial charge in [-0.2, -0.15) is 0 Å². The first kappa shape index (κ1) is 42.9. The third kappa shape index (κ3) is 9.38. The van der Waals surface area contributed by atoms with E-state index < -0.39 is 34.2 Å². The summed E-state index contributed by atoms with van der Waals surface area (Å²) in [5.41, 5.74) is 0. The summed E-state index contributed by atoms with van der Waals surface area (Å²) in [4.78, 5) is 0. The Balaban J connectivity index is 1.43. The van der Waals surface area contributed by atoms with E-state index in [1.165, 1.54) is 38.5 Å². The number of benzene rings is 7. The second kappa shape index (κ2) is 20.4. The van der Waals surface area contributed by atoms with Crippen LogP contribution in [0, 0.1) is 6.92 Å². The topological polar surface area (TPSA) is 36.9 Å². The molecule has 0 aliphatic carbocycles. The molecule has 0 amide bonds. The fourth-order valence-electron chi connectivity index (χ4n) is 8.76. The molecule has 0 saturated carbocycles. The minimum absolute atomic E-state index is 0.749. The van der Waals surface area contributed by atoms with Crippen molar-refractivity contribution in [2.24, 2.45) is 0 Å². The predicted molar refractivity (Wildman–Crippen MR) is 262 cm³/mol. The minimum atomic E-state index is -3.85. The van der Waals surface area contributed by atoms with Crippen LogP contribution in [-0.2, 0) is 16.5 Å². The summed E-state index contributed by atoms with van der Waals surface area (Å²) in [6, 6.07) is 75.7. The zero-order valence-electron chi connectivity index (χ0n) is 35.1. The summed E-state index contributed by atoms with van der Waals surface area (Å²) >= 11 is 0. The second-order valence-corrected chi connectivity index (χ2v) is 29.0. The third-order valence-corrected chi connectivity index (χ3v) is 30.2. The van der Waals surface area contributed by atoms with Gasteiger partial charge in [-0.05, 0) is 42.4 Å². The van der Waals surface area contributed by atoms with E-state index in [9.17, 15) is 0 Å². The van der Waals surface area contributed by atoms with Crippen LogP contribution in [0.3, 0.4) is 0 Å². The Morgan fingerprint density at radius 2 is 0.492 bits per heavy atom. The Bertz CT molecular complexity index is 2120. The van der Waals surface area contributed by atoms with Gasteiger partial charge in [0.25, 0.3) is 0 Å². The molecule has 1 aliphatic heterocycles. The SMILES string of the molecule is [CH2]CCCCCCCCCC[Si]1(c2ccccc2)O[Si](c2ccccc2)(c2ccccc2)O[Si](c2ccccc2)(c2ccccc2)O[Si](c2ccccc2)(c2ccccc2)O1. The Morgan fingerprint density at radius 1 is 0.262 bits per heavy atom. The molecule has 1 radical (unpaired) electrons. The van der Waals surface area contributed by atoms with Crippen LogP contribution in [0.1, 0.15) is 57.8 Å². The standard InChI is InChI=1S/C53H57O4Si4/c1-2-3-4-5-6-7-8-9-31-46-58(47-32-17-10-18-33-47)54-59(48-34-19-11-20-35-48,49-36-21-12-22-37-49)56-61(52-42-27-15-28-43-52,53-44-29-16-30-45-53)57-60(55-58,50-38-23-13-24-39-50)51-40-25-14-26-41-51/h10-30,32-45H,1-9,31,46H2. The van der Waals surface area contributed by atoms with Gasteiger partial charge in [0.15, 0.2) is 0 Å². The summed E-state index contributed by atoms with van der Waals surface area (Å²) < 4.78 is 34.0. The quantitative estimate of drug-likeness (QED) is 0.0680. The fourth-order valence-corrected chi connectivity index (χ4v) is 31.8. The van der Waals surface area contributed by atoms with Crippen LogP contribution in [0.5, 0.6) is 0 Å². The van der Waals surface area contributed by atoms with Crippen molar-refractivity contribution in [1.29, 1.82) is 0 Å². The fraction of sp³-hybridized carbons (Fsp3) is 0.189. The highest BCUT2D eigenvalue weighted by Gasteiger charge is 2.67. The lowest BCUT2D eigenvalue weighted by molar-refractivity contribution is 0.259. The molecule has 8 heteroatoms. The molecule has 1 saturated heterocycles. The van der Waals surface area contributed by atoms with Gasteiger partial charge in [0.05, 0.1) is 0 Å². The molecular weight excluding hydrogens is 813 g/mol. The molecule has 309 valence electrons. The first-order valence-corrected chi connectivity index (χ1v) is 29.6. The molecular formula is C53H57O4Si4. The van der Waals surface area contributed by atoms with Crippen LogP contribution in [0.4, 0.5) is 0 Å². The van der Waals surface area contributed by atoms with Crippen molar-refractivity contribution < 1.29 is 16.5 Å². The predicted octanol–water partition coefficient (Wildman–Crippen LogP) is 8.53. The van der Waals surface area contributed by atoms with Crippen LogP contribution in [0.15, 0.2) is 212 Å². The van der Waals surface area contributed by atoms with Crippen LogP contribution in [0.25, 0.3) is 0 Å². The lowest BCUT2D eigenvalue weighted by Gasteiger charge is -2.53. The van der Waals surface area contributed by atoms with Crippen LogP contribution < -0.4 is 36.3 Å². The number of rotatable bonds is 17. The largest absolute Gasteiger partial charge is 0.405 e. The number of hydrogen-bond donors (Lipinski definition) is 0. The highest BCUT2D eigenvalue weighted by atomic mass is 28.5. The molecule has 0 bridgehead atoms. The molecule has 7 aromatic carbocycles. The molecule has 0 unspecified atom stereocenters. The van der Waals surface area contributed by atoms with E-state index in [4.69, 9.17) is 16.5 Å². The van der Waals surface area contributed by atoms with Gasteiger partial charge >= 0.3 is 34.2 Å². The van der Waals surface area contributed by atoms with Gasteiger partial charge in [0.2, 0.25) is 0 Å². The van der Waals surface area contributed by atoms with E-state index in [2.05, 4.69) is 219 Å². The van der Waals surface area contributed by atoms with Crippen LogP contribution >= 0.6 is 0 Å². The number of unbranched alkanes of at least 4 members (excludes halogenated alkanes) is 8. The van der Waals surface area contributed by atoms with E-state index in [1.54, 1.807) is 0 Å².